The number of nitrogens with zero attached hydrogens (tertiary/aromatic N) is 1. The molecule has 0 spiro atoms. The summed E-state index contributed by atoms with van der Waals surface area (Å²) >= 11 is 6.08. The molecule has 0 N–H and O–H groups in total. The number of halogens is 1. The lowest BCUT2D eigenvalue weighted by Gasteiger charge is -2.27. The van der Waals surface area contributed by atoms with Crippen molar-refractivity contribution < 1.29 is 4.79 Å². The van der Waals surface area contributed by atoms with E-state index in [4.69, 9.17) is 11.6 Å². The van der Waals surface area contributed by atoms with Gasteiger partial charge in [-0.1, -0.05) is 38.3 Å². The lowest BCUT2D eigenvalue weighted by molar-refractivity contribution is 0.112. The number of anilines is 1. The Bertz CT molecular complexity index is 388. The van der Waals surface area contributed by atoms with Crippen molar-refractivity contribution in [1.29, 1.82) is 0 Å². The molecule has 0 aliphatic rings. The number of hydrogen-bond acceptors (Lipinski definition) is 2. The topological polar surface area (TPSA) is 20.3 Å². The van der Waals surface area contributed by atoms with Crippen LogP contribution in [0.15, 0.2) is 18.2 Å². The first-order valence-electron chi connectivity index (χ1n) is 6.65. The predicted octanol–water partition coefficient (Wildman–Crippen LogP) is 4.42. The zero-order chi connectivity index (χ0) is 13.5. The van der Waals surface area contributed by atoms with Crippen molar-refractivity contribution in [2.45, 2.75) is 33.6 Å². The summed E-state index contributed by atoms with van der Waals surface area (Å²) in [5.41, 5.74) is 1.65. The smallest absolute Gasteiger partial charge is 0.151 e. The molecule has 0 aliphatic carbocycles. The summed E-state index contributed by atoms with van der Waals surface area (Å²) in [5.74, 6) is 0.703. The molecular formula is C15H22ClNO. The van der Waals surface area contributed by atoms with Crippen molar-refractivity contribution in [2.75, 3.05) is 18.0 Å². The van der Waals surface area contributed by atoms with E-state index in [1.165, 1.54) is 12.8 Å². The fourth-order valence-corrected chi connectivity index (χ4v) is 2.30. The molecule has 0 saturated carbocycles. The molecule has 0 atom stereocenters. The summed E-state index contributed by atoms with van der Waals surface area (Å²) in [7, 11) is 0. The van der Waals surface area contributed by atoms with Crippen LogP contribution in [0.5, 0.6) is 0 Å². The van der Waals surface area contributed by atoms with E-state index in [0.29, 0.717) is 16.5 Å². The maximum atomic E-state index is 10.8. The lowest BCUT2D eigenvalue weighted by Crippen LogP contribution is -2.28. The van der Waals surface area contributed by atoms with Gasteiger partial charge in [0, 0.05) is 24.3 Å². The van der Waals surface area contributed by atoms with Crippen molar-refractivity contribution in [3.05, 3.63) is 28.8 Å². The Morgan fingerprint density at radius 3 is 2.39 bits per heavy atom. The number of aldehydes is 1. The van der Waals surface area contributed by atoms with Crippen LogP contribution in [-0.4, -0.2) is 19.4 Å². The third-order valence-corrected chi connectivity index (χ3v) is 3.82. The van der Waals surface area contributed by atoms with Crippen LogP contribution in [0.4, 0.5) is 5.69 Å². The Labute approximate surface area is 115 Å². The normalized spacial score (nSPS) is 10.7. The summed E-state index contributed by atoms with van der Waals surface area (Å²) in [6, 6.07) is 5.65. The van der Waals surface area contributed by atoms with Crippen LogP contribution in [-0.2, 0) is 0 Å². The molecule has 1 rings (SSSR count). The number of carbonyl (C=O) groups excluding carboxylic acids is 1. The average molecular weight is 268 g/mol. The highest BCUT2D eigenvalue weighted by Gasteiger charge is 2.12. The molecule has 0 aromatic heterocycles. The van der Waals surface area contributed by atoms with E-state index < -0.39 is 0 Å². The van der Waals surface area contributed by atoms with Crippen LogP contribution in [0.3, 0.4) is 0 Å². The number of rotatable bonds is 7. The maximum Gasteiger partial charge on any atom is 0.151 e. The van der Waals surface area contributed by atoms with Gasteiger partial charge in [-0.3, -0.25) is 4.79 Å². The van der Waals surface area contributed by atoms with Crippen molar-refractivity contribution in [2.24, 2.45) is 5.92 Å². The van der Waals surface area contributed by atoms with Gasteiger partial charge in [0.2, 0.25) is 0 Å². The minimum atomic E-state index is 0.533. The molecular weight excluding hydrogens is 246 g/mol. The van der Waals surface area contributed by atoms with Gasteiger partial charge in [0.15, 0.2) is 6.29 Å². The molecule has 0 fully saturated rings. The Morgan fingerprint density at radius 2 is 1.94 bits per heavy atom. The van der Waals surface area contributed by atoms with E-state index in [9.17, 15) is 4.79 Å². The zero-order valence-electron chi connectivity index (χ0n) is 11.4. The lowest BCUT2D eigenvalue weighted by atomic mass is 10.0. The number of carbonyl (C=O) groups is 1. The van der Waals surface area contributed by atoms with Crippen molar-refractivity contribution >= 4 is 23.6 Å². The minimum Gasteiger partial charge on any atom is -0.371 e. The second-order valence-corrected chi connectivity index (χ2v) is 4.95. The molecule has 0 bridgehead atoms. The third kappa shape index (κ3) is 3.74. The van der Waals surface area contributed by atoms with E-state index in [1.807, 2.05) is 12.1 Å². The first-order chi connectivity index (χ1) is 8.65. The van der Waals surface area contributed by atoms with Crippen molar-refractivity contribution in [3.63, 3.8) is 0 Å². The molecule has 18 heavy (non-hydrogen) atoms. The van der Waals surface area contributed by atoms with Crippen LogP contribution in [0.25, 0.3) is 0 Å². The van der Waals surface area contributed by atoms with E-state index in [2.05, 4.69) is 25.7 Å². The second kappa shape index (κ2) is 7.42. The van der Waals surface area contributed by atoms with E-state index in [-0.39, 0.29) is 0 Å². The van der Waals surface area contributed by atoms with Gasteiger partial charge in [0.1, 0.15) is 0 Å². The van der Waals surface area contributed by atoms with Gasteiger partial charge in [-0.2, -0.15) is 0 Å². The highest BCUT2D eigenvalue weighted by molar-refractivity contribution is 6.33. The highest BCUT2D eigenvalue weighted by Crippen LogP contribution is 2.24. The average Bonchev–Trinajstić information content (AvgIpc) is 2.40. The van der Waals surface area contributed by atoms with Crippen molar-refractivity contribution in [1.82, 2.24) is 0 Å². The molecule has 0 radical (unpaired) electrons. The molecule has 0 amide bonds. The Kier molecular flexibility index (Phi) is 6.20. The fraction of sp³-hybridized carbons (Fsp3) is 0.533. The summed E-state index contributed by atoms with van der Waals surface area (Å²) in [5, 5.41) is 0.533. The van der Waals surface area contributed by atoms with Gasteiger partial charge in [0.05, 0.1) is 5.02 Å². The SMILES string of the molecule is CCC(CC)CN(CC)c1ccc(C=O)c(Cl)c1. The molecule has 3 heteroatoms. The quantitative estimate of drug-likeness (QED) is 0.682. The van der Waals surface area contributed by atoms with Gasteiger partial charge < -0.3 is 4.90 Å². The Hall–Kier alpha value is -1.02. The molecule has 0 aliphatic heterocycles. The fourth-order valence-electron chi connectivity index (χ4n) is 2.08. The van der Waals surface area contributed by atoms with E-state index in [1.54, 1.807) is 6.07 Å². The highest BCUT2D eigenvalue weighted by atomic mass is 35.5. The van der Waals surface area contributed by atoms with Crippen molar-refractivity contribution in [3.8, 4) is 0 Å². The number of hydrogen-bond donors (Lipinski definition) is 0. The first-order valence-corrected chi connectivity index (χ1v) is 7.03. The second-order valence-electron chi connectivity index (χ2n) is 4.54. The molecule has 100 valence electrons. The molecule has 0 heterocycles. The summed E-state index contributed by atoms with van der Waals surface area (Å²) < 4.78 is 0. The molecule has 2 nitrogen and oxygen atoms in total. The summed E-state index contributed by atoms with van der Waals surface area (Å²) in [4.78, 5) is 13.1. The summed E-state index contributed by atoms with van der Waals surface area (Å²) in [6.45, 7) is 8.59. The summed E-state index contributed by atoms with van der Waals surface area (Å²) in [6.07, 6.45) is 3.17. The Balaban J connectivity index is 2.88. The molecule has 0 saturated heterocycles. The van der Waals surface area contributed by atoms with Gasteiger partial charge in [-0.25, -0.2) is 0 Å². The minimum absolute atomic E-state index is 0.533. The van der Waals surface area contributed by atoms with Gasteiger partial charge in [-0.05, 0) is 31.0 Å². The monoisotopic (exact) mass is 267 g/mol. The standard InChI is InChI=1S/C15H22ClNO/c1-4-12(5-2)10-17(6-3)14-8-7-13(11-18)15(16)9-14/h7-9,11-12H,4-6,10H2,1-3H3. The van der Waals surface area contributed by atoms with Gasteiger partial charge in [0.25, 0.3) is 0 Å². The maximum absolute atomic E-state index is 10.8. The van der Waals surface area contributed by atoms with Gasteiger partial charge >= 0.3 is 0 Å². The Morgan fingerprint density at radius 1 is 1.28 bits per heavy atom. The van der Waals surface area contributed by atoms with Crippen LogP contribution in [0, 0.1) is 5.92 Å². The van der Waals surface area contributed by atoms with Crippen LogP contribution >= 0.6 is 11.6 Å². The third-order valence-electron chi connectivity index (χ3n) is 3.49. The van der Waals surface area contributed by atoms with E-state index in [0.717, 1.165) is 25.1 Å². The van der Waals surface area contributed by atoms with Crippen LogP contribution < -0.4 is 4.90 Å². The first kappa shape index (κ1) is 15.0. The zero-order valence-corrected chi connectivity index (χ0v) is 12.2. The van der Waals surface area contributed by atoms with Gasteiger partial charge in [-0.15, -0.1) is 0 Å². The largest absolute Gasteiger partial charge is 0.371 e. The molecule has 1 aromatic rings. The predicted molar refractivity (Wildman–Crippen MR) is 78.8 cm³/mol. The van der Waals surface area contributed by atoms with Crippen LogP contribution in [0.2, 0.25) is 5.02 Å². The molecule has 1 aromatic carbocycles. The van der Waals surface area contributed by atoms with E-state index >= 15 is 0 Å². The van der Waals surface area contributed by atoms with Crippen LogP contribution in [0.1, 0.15) is 44.0 Å². The molecule has 0 unspecified atom stereocenters. The number of benzene rings is 1.